The van der Waals surface area contributed by atoms with Crippen molar-refractivity contribution < 1.29 is 32.0 Å². The van der Waals surface area contributed by atoms with Crippen molar-refractivity contribution in [2.24, 2.45) is 0 Å². The van der Waals surface area contributed by atoms with E-state index < -0.39 is 34.8 Å². The second-order valence-electron chi connectivity index (χ2n) is 4.49. The molecule has 0 spiro atoms. The molecular formula is C13H17NO7S. The topological polar surface area (TPSA) is 110 Å². The first kappa shape index (κ1) is 17.9. The molecule has 122 valence electrons. The zero-order valence-corrected chi connectivity index (χ0v) is 12.9. The van der Waals surface area contributed by atoms with Crippen LogP contribution in [0.1, 0.15) is 5.56 Å². The Labute approximate surface area is 128 Å². The largest absolute Gasteiger partial charge is 0.480 e. The zero-order chi connectivity index (χ0) is 16.8. The number of hydrogen-bond acceptors (Lipinski definition) is 6. The van der Waals surface area contributed by atoms with Crippen LogP contribution in [0.15, 0.2) is 30.3 Å². The molecule has 8 nitrogen and oxygen atoms in total. The van der Waals surface area contributed by atoms with Crippen molar-refractivity contribution in [3.8, 4) is 0 Å². The number of ether oxygens (including phenoxy) is 1. The number of carboxylic acids is 1. The van der Waals surface area contributed by atoms with Gasteiger partial charge in [0, 0.05) is 7.05 Å². The van der Waals surface area contributed by atoms with Crippen molar-refractivity contribution in [3.05, 3.63) is 35.9 Å². The third-order valence-corrected chi connectivity index (χ3v) is 3.25. The Morgan fingerprint density at radius 2 is 1.86 bits per heavy atom. The summed E-state index contributed by atoms with van der Waals surface area (Å²) in [6.45, 7) is -0.714. The SMILES string of the molecule is CN(C(=O)OCc1ccccc1)C(COS(C)(=O)=O)C(=O)O. The van der Waals surface area contributed by atoms with Crippen molar-refractivity contribution in [3.63, 3.8) is 0 Å². The molecule has 1 aromatic rings. The Balaban J connectivity index is 2.62. The number of rotatable bonds is 7. The first-order chi connectivity index (χ1) is 10.2. The van der Waals surface area contributed by atoms with Gasteiger partial charge in [0.2, 0.25) is 0 Å². The third-order valence-electron chi connectivity index (χ3n) is 2.69. The fourth-order valence-electron chi connectivity index (χ4n) is 1.49. The molecule has 0 aromatic heterocycles. The molecule has 0 fully saturated rings. The van der Waals surface area contributed by atoms with Gasteiger partial charge in [-0.15, -0.1) is 0 Å². The molecule has 0 bridgehead atoms. The number of likely N-dealkylation sites (N-methyl/N-ethyl adjacent to an activating group) is 1. The molecule has 1 amide bonds. The first-order valence-electron chi connectivity index (χ1n) is 6.21. The lowest BCUT2D eigenvalue weighted by atomic mass is 10.2. The number of benzene rings is 1. The molecule has 1 atom stereocenters. The van der Waals surface area contributed by atoms with Crippen LogP contribution in [0.5, 0.6) is 0 Å². The van der Waals surface area contributed by atoms with Gasteiger partial charge < -0.3 is 9.84 Å². The zero-order valence-electron chi connectivity index (χ0n) is 12.1. The van der Waals surface area contributed by atoms with Crippen molar-refractivity contribution in [2.75, 3.05) is 19.9 Å². The molecule has 9 heteroatoms. The first-order valence-corrected chi connectivity index (χ1v) is 8.03. The molecule has 1 unspecified atom stereocenters. The number of amides is 1. The average Bonchev–Trinajstić information content (AvgIpc) is 2.44. The van der Waals surface area contributed by atoms with Gasteiger partial charge in [0.1, 0.15) is 6.61 Å². The molecule has 1 rings (SSSR count). The van der Waals surface area contributed by atoms with Gasteiger partial charge in [0.15, 0.2) is 6.04 Å². The summed E-state index contributed by atoms with van der Waals surface area (Å²) in [6, 6.07) is 7.36. The van der Waals surface area contributed by atoms with Crippen LogP contribution >= 0.6 is 0 Å². The number of carbonyl (C=O) groups is 2. The normalized spacial score (nSPS) is 12.5. The fourth-order valence-corrected chi connectivity index (χ4v) is 1.86. The van der Waals surface area contributed by atoms with Crippen LogP contribution in [0, 0.1) is 0 Å². The molecule has 0 aliphatic rings. The van der Waals surface area contributed by atoms with Crippen LogP contribution in [-0.4, -0.2) is 56.4 Å². The number of carboxylic acid groups (broad SMARTS) is 1. The maximum atomic E-state index is 11.8. The highest BCUT2D eigenvalue weighted by Crippen LogP contribution is 2.06. The summed E-state index contributed by atoms with van der Waals surface area (Å²) in [7, 11) is -2.62. The quantitative estimate of drug-likeness (QED) is 0.732. The lowest BCUT2D eigenvalue weighted by Crippen LogP contribution is -2.45. The van der Waals surface area contributed by atoms with E-state index in [1.54, 1.807) is 30.3 Å². The lowest BCUT2D eigenvalue weighted by molar-refractivity contribution is -0.143. The molecule has 22 heavy (non-hydrogen) atoms. The minimum absolute atomic E-state index is 0.0245. The molecule has 0 aliphatic heterocycles. The maximum Gasteiger partial charge on any atom is 0.410 e. The Bertz CT molecular complexity index is 615. The van der Waals surface area contributed by atoms with Crippen LogP contribution in [0.25, 0.3) is 0 Å². The molecule has 0 radical (unpaired) electrons. The highest BCUT2D eigenvalue weighted by molar-refractivity contribution is 7.85. The van der Waals surface area contributed by atoms with E-state index >= 15 is 0 Å². The van der Waals surface area contributed by atoms with Gasteiger partial charge in [-0.25, -0.2) is 9.59 Å². The predicted octanol–water partition coefficient (Wildman–Crippen LogP) is 0.684. The maximum absolute atomic E-state index is 11.8. The fraction of sp³-hybridized carbons (Fsp3) is 0.385. The van der Waals surface area contributed by atoms with E-state index in [-0.39, 0.29) is 6.61 Å². The van der Waals surface area contributed by atoms with Crippen LogP contribution in [0.4, 0.5) is 4.79 Å². The van der Waals surface area contributed by atoms with E-state index in [2.05, 4.69) is 4.18 Å². The summed E-state index contributed by atoms with van der Waals surface area (Å²) in [5.41, 5.74) is 0.739. The monoisotopic (exact) mass is 331 g/mol. The van der Waals surface area contributed by atoms with E-state index in [4.69, 9.17) is 9.84 Å². The van der Waals surface area contributed by atoms with Crippen LogP contribution < -0.4 is 0 Å². The molecule has 0 saturated heterocycles. The van der Waals surface area contributed by atoms with E-state index in [0.29, 0.717) is 0 Å². The molecule has 0 aliphatic carbocycles. The van der Waals surface area contributed by atoms with Crippen molar-refractivity contribution in [1.29, 1.82) is 0 Å². The van der Waals surface area contributed by atoms with E-state index in [1.807, 2.05) is 0 Å². The van der Waals surface area contributed by atoms with Crippen molar-refractivity contribution >= 4 is 22.2 Å². The molecule has 0 heterocycles. The van der Waals surface area contributed by atoms with Crippen LogP contribution in [0.3, 0.4) is 0 Å². The highest BCUT2D eigenvalue weighted by Gasteiger charge is 2.29. The Kier molecular flexibility index (Phi) is 6.32. The van der Waals surface area contributed by atoms with Gasteiger partial charge in [-0.1, -0.05) is 30.3 Å². The summed E-state index contributed by atoms with van der Waals surface area (Å²) in [5.74, 6) is -1.40. The highest BCUT2D eigenvalue weighted by atomic mass is 32.2. The number of hydrogen-bond donors (Lipinski definition) is 1. The molecule has 0 saturated carbocycles. The van der Waals surface area contributed by atoms with Crippen LogP contribution in [0.2, 0.25) is 0 Å². The van der Waals surface area contributed by atoms with Gasteiger partial charge in [-0.3, -0.25) is 9.08 Å². The standard InChI is InChI=1S/C13H17NO7S/c1-14(11(12(15)16)9-21-22(2,18)19)13(17)20-8-10-6-4-3-5-7-10/h3-7,11H,8-9H2,1-2H3,(H,15,16). The molecular weight excluding hydrogens is 314 g/mol. The Hall–Kier alpha value is -2.13. The minimum atomic E-state index is -3.81. The summed E-state index contributed by atoms with van der Waals surface area (Å²) < 4.78 is 31.2. The Morgan fingerprint density at radius 1 is 1.27 bits per heavy atom. The van der Waals surface area contributed by atoms with Crippen LogP contribution in [-0.2, 0) is 30.4 Å². The van der Waals surface area contributed by atoms with Gasteiger partial charge >= 0.3 is 12.1 Å². The summed E-state index contributed by atoms with van der Waals surface area (Å²) in [5, 5.41) is 9.05. The number of nitrogens with zero attached hydrogens (tertiary/aromatic N) is 1. The summed E-state index contributed by atoms with van der Waals surface area (Å²) >= 11 is 0. The van der Waals surface area contributed by atoms with Crippen molar-refractivity contribution in [2.45, 2.75) is 12.6 Å². The summed E-state index contributed by atoms with van der Waals surface area (Å²) in [4.78, 5) is 23.7. The third kappa shape index (κ3) is 6.10. The second kappa shape index (κ2) is 7.76. The van der Waals surface area contributed by atoms with E-state index in [9.17, 15) is 18.0 Å². The smallest absolute Gasteiger partial charge is 0.410 e. The van der Waals surface area contributed by atoms with Gasteiger partial charge in [0.05, 0.1) is 12.9 Å². The van der Waals surface area contributed by atoms with Gasteiger partial charge in [-0.05, 0) is 5.56 Å². The predicted molar refractivity (Wildman–Crippen MR) is 76.6 cm³/mol. The Morgan fingerprint density at radius 3 is 2.36 bits per heavy atom. The van der Waals surface area contributed by atoms with Gasteiger partial charge in [-0.2, -0.15) is 8.42 Å². The van der Waals surface area contributed by atoms with Crippen molar-refractivity contribution in [1.82, 2.24) is 4.90 Å². The molecule has 1 N–H and O–H groups in total. The van der Waals surface area contributed by atoms with Gasteiger partial charge in [0.25, 0.3) is 10.1 Å². The number of aliphatic carboxylic acids is 1. The minimum Gasteiger partial charge on any atom is -0.480 e. The lowest BCUT2D eigenvalue weighted by Gasteiger charge is -2.23. The number of carbonyl (C=O) groups excluding carboxylic acids is 1. The molecule has 1 aromatic carbocycles. The van der Waals surface area contributed by atoms with E-state index in [1.165, 1.54) is 7.05 Å². The summed E-state index contributed by atoms with van der Waals surface area (Å²) in [6.07, 6.45) is -0.104. The second-order valence-corrected chi connectivity index (χ2v) is 6.14. The average molecular weight is 331 g/mol. The van der Waals surface area contributed by atoms with E-state index in [0.717, 1.165) is 16.7 Å².